The van der Waals surface area contributed by atoms with E-state index in [0.717, 1.165) is 19.2 Å². The first-order chi connectivity index (χ1) is 14.8. The minimum atomic E-state index is -4.68. The normalized spacial score (nSPS) is 25.3. The van der Waals surface area contributed by atoms with E-state index in [2.05, 4.69) is 6.58 Å². The maximum absolute atomic E-state index is 13.5. The molecule has 2 aliphatic heterocycles. The summed E-state index contributed by atoms with van der Waals surface area (Å²) in [5.74, 6) is -2.80. The first-order valence-electron chi connectivity index (χ1n) is 9.74. The molecule has 1 saturated heterocycles. The van der Waals surface area contributed by atoms with Gasteiger partial charge in [0.15, 0.2) is 13.2 Å². The summed E-state index contributed by atoms with van der Waals surface area (Å²) in [6.45, 7) is 9.55. The number of hydrogen-bond donors (Lipinski definition) is 0. The van der Waals surface area contributed by atoms with Crippen molar-refractivity contribution in [1.82, 2.24) is 4.31 Å². The topological polar surface area (TPSA) is 133 Å². The molecule has 12 heteroatoms. The van der Waals surface area contributed by atoms with Crippen LogP contribution in [0.2, 0.25) is 19.6 Å². The Hall–Kier alpha value is -2.83. The average Bonchev–Trinajstić information content (AvgIpc) is 2.71. The second-order valence-corrected chi connectivity index (χ2v) is 14.8. The van der Waals surface area contributed by atoms with Gasteiger partial charge in [-0.3, -0.25) is 14.9 Å². The molecule has 1 aliphatic carbocycles. The molecule has 1 fully saturated rings. The molecule has 0 saturated carbocycles. The highest BCUT2D eigenvalue weighted by molar-refractivity contribution is 7.89. The van der Waals surface area contributed by atoms with Gasteiger partial charge < -0.3 is 9.16 Å². The Kier molecular flexibility index (Phi) is 5.91. The molecule has 0 unspecified atom stereocenters. The molecule has 3 atom stereocenters. The Labute approximate surface area is 186 Å². The van der Waals surface area contributed by atoms with Crippen LogP contribution in [0.15, 0.2) is 53.5 Å². The fourth-order valence-corrected chi connectivity index (χ4v) is 7.39. The Balaban J connectivity index is 2.21. The van der Waals surface area contributed by atoms with Crippen molar-refractivity contribution in [3.8, 4) is 0 Å². The quantitative estimate of drug-likeness (QED) is 0.191. The van der Waals surface area contributed by atoms with Crippen molar-refractivity contribution in [2.24, 2.45) is 5.92 Å². The summed E-state index contributed by atoms with van der Waals surface area (Å²) in [4.78, 5) is 35.9. The highest BCUT2D eigenvalue weighted by Gasteiger charge is 2.60. The number of hydrogen-bond acceptors (Lipinski definition) is 8. The number of rotatable bonds is 7. The molecule has 10 nitrogen and oxygen atoms in total. The van der Waals surface area contributed by atoms with Gasteiger partial charge in [-0.2, -0.15) is 0 Å². The molecule has 2 heterocycles. The van der Waals surface area contributed by atoms with Crippen molar-refractivity contribution < 1.29 is 32.1 Å². The summed E-state index contributed by atoms with van der Waals surface area (Å²) in [7, 11) is -5.78. The molecule has 3 aliphatic rings. The third kappa shape index (κ3) is 3.78. The lowest BCUT2D eigenvalue weighted by molar-refractivity contribution is -0.387. The van der Waals surface area contributed by atoms with Gasteiger partial charge in [0.25, 0.3) is 15.7 Å². The number of amides is 1. The van der Waals surface area contributed by atoms with Crippen LogP contribution in [0.5, 0.6) is 0 Å². The van der Waals surface area contributed by atoms with E-state index in [1.165, 1.54) is 24.3 Å². The summed E-state index contributed by atoms with van der Waals surface area (Å²) >= 11 is 0. The minimum Gasteiger partial charge on any atom is -0.466 e. The summed E-state index contributed by atoms with van der Waals surface area (Å²) < 4.78 is 38.7. The number of nitro groups is 1. The maximum atomic E-state index is 13.5. The van der Waals surface area contributed by atoms with Crippen LogP contribution in [-0.2, 0) is 28.8 Å². The number of ether oxygens (including phenoxy) is 1. The lowest BCUT2D eigenvalue weighted by Crippen LogP contribution is -2.66. The zero-order chi connectivity index (χ0) is 24.1. The number of esters is 1. The van der Waals surface area contributed by atoms with Gasteiger partial charge in [-0.15, -0.1) is 6.58 Å². The maximum Gasteiger partial charge on any atom is 0.335 e. The number of benzene rings is 1. The summed E-state index contributed by atoms with van der Waals surface area (Å²) in [5.41, 5.74) is -1.90. The fourth-order valence-electron chi connectivity index (χ4n) is 4.22. The number of carbonyl (C=O) groups excluding carboxylic acids is 2. The number of nitrogens with zero attached hydrogens (tertiary/aromatic N) is 2. The fraction of sp³-hybridized carbons (Fsp3) is 0.400. The highest BCUT2D eigenvalue weighted by Crippen LogP contribution is 2.48. The van der Waals surface area contributed by atoms with E-state index in [0.29, 0.717) is 4.31 Å². The van der Waals surface area contributed by atoms with E-state index in [4.69, 9.17) is 9.16 Å². The second-order valence-electron chi connectivity index (χ2n) is 8.55. The van der Waals surface area contributed by atoms with Crippen LogP contribution in [0.1, 0.15) is 6.42 Å². The van der Waals surface area contributed by atoms with Gasteiger partial charge in [-0.1, -0.05) is 24.3 Å². The molecular weight excluding hydrogens is 456 g/mol. The number of fused-ring (bicyclic) bond motifs is 2. The van der Waals surface area contributed by atoms with Crippen molar-refractivity contribution in [2.75, 3.05) is 7.11 Å². The predicted octanol–water partition coefficient (Wildman–Crippen LogP) is 2.39. The molecule has 2 bridgehead atoms. The van der Waals surface area contributed by atoms with E-state index in [1.54, 1.807) is 0 Å². The number of sulfonamides is 1. The van der Waals surface area contributed by atoms with Crippen LogP contribution in [0.4, 0.5) is 5.69 Å². The highest BCUT2D eigenvalue weighted by atomic mass is 32.2. The summed E-state index contributed by atoms with van der Waals surface area (Å²) in [5, 5.41) is 11.4. The average molecular weight is 481 g/mol. The van der Waals surface area contributed by atoms with Gasteiger partial charge in [0, 0.05) is 12.5 Å². The van der Waals surface area contributed by atoms with Crippen LogP contribution in [-0.4, -0.2) is 56.6 Å². The molecule has 32 heavy (non-hydrogen) atoms. The molecule has 1 amide bonds. The van der Waals surface area contributed by atoms with Gasteiger partial charge in [0.05, 0.1) is 35.2 Å². The number of para-hydroxylation sites is 1. The number of carbonyl (C=O) groups is 2. The van der Waals surface area contributed by atoms with E-state index in [-0.39, 0.29) is 12.0 Å². The van der Waals surface area contributed by atoms with Crippen molar-refractivity contribution in [3.63, 3.8) is 0 Å². The van der Waals surface area contributed by atoms with Crippen molar-refractivity contribution in [2.45, 2.75) is 42.6 Å². The van der Waals surface area contributed by atoms with Gasteiger partial charge in [-0.25, -0.2) is 17.5 Å². The van der Waals surface area contributed by atoms with Crippen molar-refractivity contribution in [3.05, 3.63) is 58.7 Å². The number of piperidine rings is 1. The number of nitro benzene ring substituents is 1. The van der Waals surface area contributed by atoms with Crippen LogP contribution in [0.25, 0.3) is 0 Å². The van der Waals surface area contributed by atoms with E-state index in [9.17, 15) is 28.1 Å². The predicted molar refractivity (Wildman–Crippen MR) is 116 cm³/mol. The number of methoxy groups -OCH3 is 1. The molecule has 4 rings (SSSR count). The molecule has 1 aromatic carbocycles. The van der Waals surface area contributed by atoms with Gasteiger partial charge >= 0.3 is 5.97 Å². The van der Waals surface area contributed by atoms with Crippen molar-refractivity contribution >= 4 is 35.9 Å². The van der Waals surface area contributed by atoms with E-state index in [1.807, 2.05) is 19.6 Å². The van der Waals surface area contributed by atoms with Gasteiger partial charge in [0.2, 0.25) is 5.91 Å². The molecule has 0 aromatic heterocycles. The lowest BCUT2D eigenvalue weighted by atomic mass is 9.70. The second kappa shape index (κ2) is 7.94. The van der Waals surface area contributed by atoms with Gasteiger partial charge in [-0.05, 0) is 25.7 Å². The minimum absolute atomic E-state index is 0.0177. The molecule has 1 aromatic rings. The third-order valence-corrected chi connectivity index (χ3v) is 8.22. The largest absolute Gasteiger partial charge is 0.466 e. The van der Waals surface area contributed by atoms with E-state index >= 15 is 0 Å². The van der Waals surface area contributed by atoms with Crippen LogP contribution < -0.4 is 0 Å². The first kappa shape index (κ1) is 23.8. The smallest absolute Gasteiger partial charge is 0.335 e. The molecule has 172 valence electrons. The Morgan fingerprint density at radius 2 is 1.97 bits per heavy atom. The molecule has 0 N–H and O–H groups in total. The summed E-state index contributed by atoms with van der Waals surface area (Å²) in [6, 6.07) is 3.49. The van der Waals surface area contributed by atoms with Crippen molar-refractivity contribution in [1.29, 1.82) is 0 Å². The zero-order valence-electron chi connectivity index (χ0n) is 18.1. The molecule has 0 spiro atoms. The lowest BCUT2D eigenvalue weighted by Gasteiger charge is -2.53. The SMILES string of the molecule is C=C[C@]1(O[Si](C)(C)C)C[C@@H]2C(C(=O)OC)=C[C@H]1C(=O)N2S(=O)(=O)c1ccccc1[N+](=O)[O-]. The Bertz CT molecular complexity index is 1140. The van der Waals surface area contributed by atoms with E-state index < -0.39 is 63.3 Å². The monoisotopic (exact) mass is 480 g/mol. The summed E-state index contributed by atoms with van der Waals surface area (Å²) in [6.07, 6.45) is 2.79. The Morgan fingerprint density at radius 1 is 1.34 bits per heavy atom. The van der Waals surface area contributed by atoms with Crippen LogP contribution in [0.3, 0.4) is 0 Å². The van der Waals surface area contributed by atoms with Crippen LogP contribution in [0, 0.1) is 16.0 Å². The zero-order valence-corrected chi connectivity index (χ0v) is 19.9. The Morgan fingerprint density at radius 3 is 2.50 bits per heavy atom. The molecule has 0 radical (unpaired) electrons. The molecular formula is C20H24N2O8SSi. The third-order valence-electron chi connectivity index (χ3n) is 5.37. The standard InChI is InChI=1S/C20H24N2O8SSi/c1-6-20(30-32(3,4)5)12-16-13(19(24)29-2)11-14(20)18(23)21(16)31(27,28)17-10-8-7-9-15(17)22(25)26/h6-11,14,16H,1,12H2,2-5H3/t14-,16+,20-/m0/s1. The van der Waals surface area contributed by atoms with Crippen LogP contribution >= 0.6 is 0 Å². The van der Waals surface area contributed by atoms with Gasteiger partial charge in [0.1, 0.15) is 0 Å². The first-order valence-corrected chi connectivity index (χ1v) is 14.6.